The summed E-state index contributed by atoms with van der Waals surface area (Å²) in [7, 11) is 0. The zero-order chi connectivity index (χ0) is 15.6. The van der Waals surface area contributed by atoms with E-state index in [-0.39, 0.29) is 5.92 Å². The van der Waals surface area contributed by atoms with Gasteiger partial charge in [0.1, 0.15) is 11.4 Å². The molecule has 2 aromatic heterocycles. The maximum atomic E-state index is 12.1. The van der Waals surface area contributed by atoms with Crippen LogP contribution in [0.25, 0.3) is 0 Å². The smallest absolute Gasteiger partial charge is 0.256 e. The third-order valence-electron chi connectivity index (χ3n) is 3.68. The molecule has 6 heteroatoms. The van der Waals surface area contributed by atoms with Crippen molar-refractivity contribution in [1.82, 2.24) is 9.97 Å². The van der Waals surface area contributed by atoms with Gasteiger partial charge in [0.15, 0.2) is 0 Å². The maximum Gasteiger partial charge on any atom is 0.256 e. The Morgan fingerprint density at radius 2 is 2.18 bits per heavy atom. The van der Waals surface area contributed by atoms with Crippen LogP contribution in [0.1, 0.15) is 19.8 Å². The van der Waals surface area contributed by atoms with Crippen molar-refractivity contribution in [3.63, 3.8) is 0 Å². The van der Waals surface area contributed by atoms with E-state index in [1.165, 1.54) is 6.20 Å². The molecule has 1 saturated carbocycles. The number of rotatable bonds is 5. The molecule has 6 nitrogen and oxygen atoms in total. The van der Waals surface area contributed by atoms with Crippen LogP contribution in [0.2, 0.25) is 0 Å². The number of carbonyl (C=O) groups excluding carboxylic acids is 1. The maximum absolute atomic E-state index is 12.1. The monoisotopic (exact) mass is 299 g/mol. The van der Waals surface area contributed by atoms with Gasteiger partial charge in [-0.3, -0.25) is 9.78 Å². The number of aliphatic hydroxyl groups is 1. The van der Waals surface area contributed by atoms with Gasteiger partial charge in [0.25, 0.3) is 5.91 Å². The summed E-state index contributed by atoms with van der Waals surface area (Å²) < 4.78 is 5.52. The van der Waals surface area contributed by atoms with Crippen molar-refractivity contribution in [2.75, 3.05) is 5.32 Å². The molecule has 0 spiro atoms. The number of pyridine rings is 2. The quantitative estimate of drug-likeness (QED) is 0.885. The molecule has 1 fully saturated rings. The van der Waals surface area contributed by atoms with Crippen molar-refractivity contribution >= 4 is 11.6 Å². The average molecular weight is 299 g/mol. The van der Waals surface area contributed by atoms with Gasteiger partial charge in [0, 0.05) is 12.3 Å². The first-order chi connectivity index (χ1) is 10.6. The Morgan fingerprint density at radius 1 is 1.36 bits per heavy atom. The van der Waals surface area contributed by atoms with E-state index in [9.17, 15) is 9.90 Å². The number of ether oxygens (including phenoxy) is 1. The first kappa shape index (κ1) is 14.5. The zero-order valence-corrected chi connectivity index (χ0v) is 12.2. The van der Waals surface area contributed by atoms with Crippen LogP contribution in [-0.4, -0.2) is 26.6 Å². The average Bonchev–Trinajstić information content (AvgIpc) is 3.35. The van der Waals surface area contributed by atoms with Crippen molar-refractivity contribution in [2.24, 2.45) is 5.92 Å². The van der Waals surface area contributed by atoms with Crippen molar-refractivity contribution in [3.8, 4) is 11.6 Å². The molecule has 1 atom stereocenters. The molecule has 2 aromatic rings. The van der Waals surface area contributed by atoms with Crippen LogP contribution in [0, 0.1) is 5.92 Å². The van der Waals surface area contributed by atoms with Crippen LogP contribution in [0.4, 0.5) is 5.69 Å². The second-order valence-electron chi connectivity index (χ2n) is 5.55. The number of aromatic nitrogens is 2. The molecule has 1 aliphatic carbocycles. The highest BCUT2D eigenvalue weighted by atomic mass is 16.5. The van der Waals surface area contributed by atoms with Crippen LogP contribution >= 0.6 is 0 Å². The van der Waals surface area contributed by atoms with Crippen LogP contribution in [0.3, 0.4) is 0 Å². The van der Waals surface area contributed by atoms with Crippen molar-refractivity contribution < 1.29 is 14.6 Å². The second kappa shape index (κ2) is 5.73. The Labute approximate surface area is 128 Å². The largest absolute Gasteiger partial charge is 0.437 e. The summed E-state index contributed by atoms with van der Waals surface area (Å²) in [4.78, 5) is 20.1. The summed E-state index contributed by atoms with van der Waals surface area (Å²) in [6.45, 7) is 1.55. The fraction of sp³-hybridized carbons (Fsp3) is 0.312. The Morgan fingerprint density at radius 3 is 2.77 bits per heavy atom. The summed E-state index contributed by atoms with van der Waals surface area (Å²) >= 11 is 0. The molecular weight excluding hydrogens is 282 g/mol. The number of amides is 1. The summed E-state index contributed by atoms with van der Waals surface area (Å²) in [5.74, 6) is 0.634. The molecule has 114 valence electrons. The SMILES string of the molecule is CC(O)(C(=O)Nc1ccc(Oc2cccnc2)nc1)C1CC1. The number of hydrogen-bond acceptors (Lipinski definition) is 5. The predicted octanol–water partition coefficient (Wildman–Crippen LogP) is 2.37. The van der Waals surface area contributed by atoms with E-state index in [1.807, 2.05) is 0 Å². The second-order valence-corrected chi connectivity index (χ2v) is 5.55. The van der Waals surface area contributed by atoms with E-state index >= 15 is 0 Å². The minimum absolute atomic E-state index is 0.0497. The molecule has 0 saturated heterocycles. The first-order valence-electron chi connectivity index (χ1n) is 7.13. The van der Waals surface area contributed by atoms with Crippen molar-refractivity contribution in [3.05, 3.63) is 42.9 Å². The van der Waals surface area contributed by atoms with E-state index < -0.39 is 11.5 Å². The van der Waals surface area contributed by atoms with Gasteiger partial charge < -0.3 is 15.2 Å². The summed E-state index contributed by atoms with van der Waals surface area (Å²) in [6.07, 6.45) is 6.51. The number of carbonyl (C=O) groups is 1. The summed E-state index contributed by atoms with van der Waals surface area (Å²) in [5.41, 5.74) is -0.810. The van der Waals surface area contributed by atoms with E-state index in [4.69, 9.17) is 4.74 Å². The Bertz CT molecular complexity index is 652. The van der Waals surface area contributed by atoms with Crippen molar-refractivity contribution in [1.29, 1.82) is 0 Å². The molecule has 22 heavy (non-hydrogen) atoms. The van der Waals surface area contributed by atoms with Crippen LogP contribution < -0.4 is 10.1 Å². The molecule has 0 aliphatic heterocycles. The van der Waals surface area contributed by atoms with E-state index in [0.29, 0.717) is 17.3 Å². The molecule has 1 unspecified atom stereocenters. The van der Waals surface area contributed by atoms with Gasteiger partial charge in [-0.1, -0.05) is 0 Å². The third-order valence-corrected chi connectivity index (χ3v) is 3.68. The van der Waals surface area contributed by atoms with Gasteiger partial charge in [-0.2, -0.15) is 0 Å². The van der Waals surface area contributed by atoms with E-state index in [0.717, 1.165) is 12.8 Å². The minimum Gasteiger partial charge on any atom is -0.437 e. The summed E-state index contributed by atoms with van der Waals surface area (Å²) in [6, 6.07) is 6.87. The van der Waals surface area contributed by atoms with Gasteiger partial charge in [0.05, 0.1) is 18.1 Å². The Kier molecular flexibility index (Phi) is 3.77. The van der Waals surface area contributed by atoms with Gasteiger partial charge >= 0.3 is 0 Å². The summed E-state index contributed by atoms with van der Waals surface area (Å²) in [5, 5.41) is 12.8. The standard InChI is InChI=1S/C16H17N3O3/c1-16(21,11-4-5-11)15(20)19-12-6-7-14(18-9-12)22-13-3-2-8-17-10-13/h2-3,6-11,21H,4-5H2,1H3,(H,19,20). The van der Waals surface area contributed by atoms with Gasteiger partial charge in [-0.25, -0.2) is 4.98 Å². The lowest BCUT2D eigenvalue weighted by Crippen LogP contribution is -2.42. The normalized spacial score (nSPS) is 16.6. The molecule has 2 heterocycles. The highest BCUT2D eigenvalue weighted by Crippen LogP contribution is 2.40. The fourth-order valence-corrected chi connectivity index (χ4v) is 2.13. The van der Waals surface area contributed by atoms with E-state index in [1.54, 1.807) is 43.6 Å². The predicted molar refractivity (Wildman–Crippen MR) is 80.5 cm³/mol. The van der Waals surface area contributed by atoms with Gasteiger partial charge in [-0.05, 0) is 43.9 Å². The lowest BCUT2D eigenvalue weighted by molar-refractivity contribution is -0.134. The molecule has 1 amide bonds. The molecule has 2 N–H and O–H groups in total. The minimum atomic E-state index is -1.33. The molecule has 3 rings (SSSR count). The molecule has 0 radical (unpaired) electrons. The topological polar surface area (TPSA) is 84.3 Å². The number of nitrogens with zero attached hydrogens (tertiary/aromatic N) is 2. The molecule has 1 aliphatic rings. The zero-order valence-electron chi connectivity index (χ0n) is 12.2. The van der Waals surface area contributed by atoms with Crippen LogP contribution in [-0.2, 0) is 4.79 Å². The van der Waals surface area contributed by atoms with Gasteiger partial charge in [0.2, 0.25) is 5.88 Å². The number of nitrogens with one attached hydrogen (secondary N) is 1. The number of anilines is 1. The fourth-order valence-electron chi connectivity index (χ4n) is 2.13. The number of hydrogen-bond donors (Lipinski definition) is 2. The van der Waals surface area contributed by atoms with Crippen LogP contribution in [0.15, 0.2) is 42.9 Å². The Balaban J connectivity index is 1.63. The van der Waals surface area contributed by atoms with Crippen molar-refractivity contribution in [2.45, 2.75) is 25.4 Å². The molecule has 0 bridgehead atoms. The lowest BCUT2D eigenvalue weighted by atomic mass is 9.99. The molecule has 0 aromatic carbocycles. The molecular formula is C16H17N3O3. The van der Waals surface area contributed by atoms with Gasteiger partial charge in [-0.15, -0.1) is 0 Å². The third kappa shape index (κ3) is 3.23. The highest BCUT2D eigenvalue weighted by Gasteiger charge is 2.45. The first-order valence-corrected chi connectivity index (χ1v) is 7.13. The van der Waals surface area contributed by atoms with Crippen LogP contribution in [0.5, 0.6) is 11.6 Å². The lowest BCUT2D eigenvalue weighted by Gasteiger charge is -2.21. The Hall–Kier alpha value is -2.47. The van der Waals surface area contributed by atoms with E-state index in [2.05, 4.69) is 15.3 Å². The highest BCUT2D eigenvalue weighted by molar-refractivity contribution is 5.97.